The second-order valence-corrected chi connectivity index (χ2v) is 9.25. The van der Waals surface area contributed by atoms with Gasteiger partial charge in [-0.2, -0.15) is 0 Å². The predicted molar refractivity (Wildman–Crippen MR) is 145 cm³/mol. The lowest BCUT2D eigenvalue weighted by atomic mass is 10.1. The van der Waals surface area contributed by atoms with Gasteiger partial charge in [0, 0.05) is 0 Å². The molecule has 1 aromatic carbocycles. The lowest BCUT2D eigenvalue weighted by molar-refractivity contribution is -0.932. The quantitative estimate of drug-likeness (QED) is 0.212. The molecular weight excluding hydrogens is 496 g/mol. The Morgan fingerprint density at radius 2 is 1.56 bits per heavy atom. The Bertz CT molecular complexity index is 619. The number of nitrogens with one attached hydrogen (secondary N) is 1. The third kappa shape index (κ3) is 14.8. The normalized spacial score (nSPS) is 14.3. The van der Waals surface area contributed by atoms with E-state index in [4.69, 9.17) is 4.74 Å². The molecule has 1 aromatic rings. The SMILES string of the molecule is Br.CCCCCCCC[N+]1(CCO)CCCCC1.CCCCCOc1ccccc1NC(=O)[O-]. The van der Waals surface area contributed by atoms with Crippen LogP contribution in [0, 0.1) is 0 Å². The molecule has 198 valence electrons. The second-order valence-electron chi connectivity index (χ2n) is 9.25. The highest BCUT2D eigenvalue weighted by Crippen LogP contribution is 2.23. The van der Waals surface area contributed by atoms with Crippen molar-refractivity contribution in [2.45, 2.75) is 90.9 Å². The summed E-state index contributed by atoms with van der Waals surface area (Å²) in [5.41, 5.74) is 0.430. The number of rotatable bonds is 15. The van der Waals surface area contributed by atoms with Crippen molar-refractivity contribution in [2.24, 2.45) is 0 Å². The molecule has 1 saturated heterocycles. The van der Waals surface area contributed by atoms with Gasteiger partial charge in [0.15, 0.2) is 0 Å². The highest BCUT2D eigenvalue weighted by molar-refractivity contribution is 8.93. The van der Waals surface area contributed by atoms with E-state index in [0.29, 0.717) is 24.7 Å². The fourth-order valence-corrected chi connectivity index (χ4v) is 4.52. The van der Waals surface area contributed by atoms with Crippen LogP contribution in [0.15, 0.2) is 24.3 Å². The zero-order chi connectivity index (χ0) is 24.2. The number of likely N-dealkylation sites (tertiary alicyclic amines) is 1. The van der Waals surface area contributed by atoms with Gasteiger partial charge in [-0.25, -0.2) is 0 Å². The number of hydrogen-bond donors (Lipinski definition) is 2. The molecule has 2 N–H and O–H groups in total. The molecule has 2 rings (SSSR count). The highest BCUT2D eigenvalue weighted by atomic mass is 79.9. The van der Waals surface area contributed by atoms with Crippen molar-refractivity contribution in [1.29, 1.82) is 0 Å². The third-order valence-corrected chi connectivity index (χ3v) is 6.45. The van der Waals surface area contributed by atoms with Crippen LogP contribution < -0.4 is 15.2 Å². The number of nitrogens with zero attached hydrogens (tertiary/aromatic N) is 1. The molecule has 7 heteroatoms. The molecule has 0 atom stereocenters. The summed E-state index contributed by atoms with van der Waals surface area (Å²) in [5.74, 6) is 0.544. The van der Waals surface area contributed by atoms with Crippen molar-refractivity contribution in [3.05, 3.63) is 24.3 Å². The molecule has 1 heterocycles. The van der Waals surface area contributed by atoms with Crippen molar-refractivity contribution in [1.82, 2.24) is 0 Å². The van der Waals surface area contributed by atoms with Crippen LogP contribution >= 0.6 is 17.0 Å². The van der Waals surface area contributed by atoms with E-state index in [1.165, 1.54) is 81.9 Å². The number of anilines is 1. The Morgan fingerprint density at radius 1 is 0.941 bits per heavy atom. The number of amides is 1. The predicted octanol–water partition coefficient (Wildman–Crippen LogP) is 5.93. The van der Waals surface area contributed by atoms with Gasteiger partial charge in [0.05, 0.1) is 38.5 Å². The number of aliphatic hydroxyl groups is 1. The van der Waals surface area contributed by atoms with E-state index in [-0.39, 0.29) is 17.0 Å². The fourth-order valence-electron chi connectivity index (χ4n) is 4.52. The Morgan fingerprint density at radius 3 is 2.21 bits per heavy atom. The molecule has 1 aliphatic heterocycles. The number of piperidine rings is 1. The van der Waals surface area contributed by atoms with E-state index in [9.17, 15) is 15.0 Å². The van der Waals surface area contributed by atoms with Crippen LogP contribution in [0.2, 0.25) is 0 Å². The number of benzene rings is 1. The van der Waals surface area contributed by atoms with Gasteiger partial charge in [-0.15, -0.1) is 17.0 Å². The molecular formula is C27H49BrN2O4. The van der Waals surface area contributed by atoms with E-state index < -0.39 is 6.09 Å². The number of ether oxygens (including phenoxy) is 1. The van der Waals surface area contributed by atoms with E-state index in [1.54, 1.807) is 24.3 Å². The van der Waals surface area contributed by atoms with Gasteiger partial charge in [0.1, 0.15) is 18.4 Å². The van der Waals surface area contributed by atoms with Gasteiger partial charge in [0.25, 0.3) is 0 Å². The van der Waals surface area contributed by atoms with E-state index in [1.807, 2.05) is 0 Å². The number of halogens is 1. The van der Waals surface area contributed by atoms with Gasteiger partial charge in [0.2, 0.25) is 0 Å². The van der Waals surface area contributed by atoms with Crippen LogP contribution in [0.25, 0.3) is 0 Å². The van der Waals surface area contributed by atoms with Crippen molar-refractivity contribution >= 4 is 28.8 Å². The number of hydrogen-bond acceptors (Lipinski definition) is 4. The minimum absolute atomic E-state index is 0. The van der Waals surface area contributed by atoms with Gasteiger partial charge in [-0.3, -0.25) is 0 Å². The summed E-state index contributed by atoms with van der Waals surface area (Å²) in [6.07, 6.45) is 14.3. The first kappa shape index (κ1) is 32.7. The molecule has 6 nitrogen and oxygen atoms in total. The van der Waals surface area contributed by atoms with E-state index >= 15 is 0 Å². The molecule has 34 heavy (non-hydrogen) atoms. The maximum absolute atomic E-state index is 10.4. The Kier molecular flexibility index (Phi) is 20.2. The molecule has 0 radical (unpaired) electrons. The van der Waals surface area contributed by atoms with Crippen LogP contribution in [-0.4, -0.2) is 55.1 Å². The fraction of sp³-hybridized carbons (Fsp3) is 0.741. The van der Waals surface area contributed by atoms with Gasteiger partial charge in [-0.05, 0) is 50.7 Å². The Hall–Kier alpha value is -1.31. The smallest absolute Gasteiger partial charge is 0.142 e. The number of para-hydroxylation sites is 2. The summed E-state index contributed by atoms with van der Waals surface area (Å²) in [5, 5.41) is 21.9. The number of aliphatic hydroxyl groups excluding tert-OH is 1. The number of carbonyl (C=O) groups excluding carboxylic acids is 1. The summed E-state index contributed by atoms with van der Waals surface area (Å²) in [4.78, 5) is 10.4. The number of quaternary nitrogens is 1. The van der Waals surface area contributed by atoms with Crippen LogP contribution in [0.4, 0.5) is 10.5 Å². The Labute approximate surface area is 218 Å². The second kappa shape index (κ2) is 21.0. The standard InChI is InChI=1S/C15H32NO.C12H17NO3.BrH/c1-2-3-4-5-6-8-11-16(14-15-17)12-9-7-10-13-16;1-2-3-6-9-16-11-8-5-4-7-10(11)13-12(14)15;/h17H,2-15H2,1H3;4-5,7-8,13H,2-3,6,9H2,1H3,(H,14,15);1H/q+1;;/p-1. The molecule has 0 aromatic heterocycles. The first-order chi connectivity index (χ1) is 16.1. The average molecular weight is 546 g/mol. The monoisotopic (exact) mass is 544 g/mol. The van der Waals surface area contributed by atoms with E-state index in [0.717, 1.165) is 25.8 Å². The molecule has 0 aliphatic carbocycles. The minimum Gasteiger partial charge on any atom is -0.530 e. The highest BCUT2D eigenvalue weighted by Gasteiger charge is 2.28. The summed E-state index contributed by atoms with van der Waals surface area (Å²) >= 11 is 0. The van der Waals surface area contributed by atoms with Gasteiger partial charge < -0.3 is 29.5 Å². The zero-order valence-electron chi connectivity index (χ0n) is 21.6. The minimum atomic E-state index is -1.33. The molecule has 0 saturated carbocycles. The van der Waals surface area contributed by atoms with Crippen LogP contribution in [0.3, 0.4) is 0 Å². The lowest BCUT2D eigenvalue weighted by Gasteiger charge is -2.41. The van der Waals surface area contributed by atoms with Crippen molar-refractivity contribution in [3.63, 3.8) is 0 Å². The largest absolute Gasteiger partial charge is 0.530 e. The van der Waals surface area contributed by atoms with Crippen molar-refractivity contribution in [2.75, 3.05) is 44.7 Å². The number of unbranched alkanes of at least 4 members (excludes halogenated alkanes) is 7. The van der Waals surface area contributed by atoms with Crippen LogP contribution in [-0.2, 0) is 0 Å². The first-order valence-electron chi connectivity index (χ1n) is 13.2. The van der Waals surface area contributed by atoms with Crippen molar-refractivity contribution in [3.8, 4) is 5.75 Å². The molecule has 1 aliphatic rings. The summed E-state index contributed by atoms with van der Waals surface area (Å²) < 4.78 is 6.70. The summed E-state index contributed by atoms with van der Waals surface area (Å²) in [6, 6.07) is 6.92. The van der Waals surface area contributed by atoms with Crippen LogP contribution in [0.5, 0.6) is 5.75 Å². The molecule has 0 unspecified atom stereocenters. The maximum atomic E-state index is 10.4. The van der Waals surface area contributed by atoms with Gasteiger partial charge in [-0.1, -0.05) is 64.5 Å². The average Bonchev–Trinajstić information content (AvgIpc) is 2.81. The van der Waals surface area contributed by atoms with Crippen LogP contribution in [0.1, 0.15) is 90.9 Å². The molecule has 0 spiro atoms. The summed E-state index contributed by atoms with van der Waals surface area (Å²) in [7, 11) is 0. The first-order valence-corrected chi connectivity index (χ1v) is 13.2. The molecule has 1 amide bonds. The lowest BCUT2D eigenvalue weighted by Crippen LogP contribution is -2.53. The number of carboxylic acid groups (broad SMARTS) is 1. The Balaban J connectivity index is 0.000000623. The molecule has 1 fully saturated rings. The third-order valence-electron chi connectivity index (χ3n) is 6.45. The van der Waals surface area contributed by atoms with Gasteiger partial charge >= 0.3 is 0 Å². The van der Waals surface area contributed by atoms with E-state index in [2.05, 4.69) is 19.2 Å². The number of carbonyl (C=O) groups is 1. The topological polar surface area (TPSA) is 81.6 Å². The maximum Gasteiger partial charge on any atom is 0.142 e. The molecule has 0 bridgehead atoms. The summed E-state index contributed by atoms with van der Waals surface area (Å²) in [6.45, 7) is 10.3. The zero-order valence-corrected chi connectivity index (χ0v) is 23.3. The van der Waals surface area contributed by atoms with Crippen molar-refractivity contribution < 1.29 is 24.2 Å².